The Balaban J connectivity index is 3.17. The average Bonchev–Trinajstić information content (AvgIpc) is 2.11. The first-order valence-electron chi connectivity index (χ1n) is 4.12. The lowest BCUT2D eigenvalue weighted by atomic mass is 10.2. The van der Waals surface area contributed by atoms with E-state index in [9.17, 15) is 8.42 Å². The molecule has 0 aromatic heterocycles. The number of nitrogens with two attached hydrogens (primary N) is 1. The highest BCUT2D eigenvalue weighted by Gasteiger charge is 2.12. The lowest BCUT2D eigenvalue weighted by Gasteiger charge is -2.11. The normalized spacial score (nSPS) is 11.4. The van der Waals surface area contributed by atoms with Crippen LogP contribution in [0.2, 0.25) is 0 Å². The summed E-state index contributed by atoms with van der Waals surface area (Å²) in [5, 5.41) is 0. The van der Waals surface area contributed by atoms with Crippen LogP contribution in [0, 0.1) is 6.92 Å². The molecule has 0 saturated heterocycles. The molecule has 0 heterocycles. The number of aryl methyl sites for hydroxylation is 1. The second kappa shape index (κ2) is 4.38. The molecule has 0 fully saturated rings. The quantitative estimate of drug-likeness (QED) is 0.733. The minimum atomic E-state index is -3.54. The summed E-state index contributed by atoms with van der Waals surface area (Å²) in [6.45, 7) is 1.87. The summed E-state index contributed by atoms with van der Waals surface area (Å²) in [7, 11) is -2.22. The third-order valence-electron chi connectivity index (χ3n) is 1.77. The summed E-state index contributed by atoms with van der Waals surface area (Å²) >= 11 is 3.25. The van der Waals surface area contributed by atoms with Crippen LogP contribution in [0.3, 0.4) is 0 Å². The molecule has 0 saturated carbocycles. The molecule has 84 valence electrons. The van der Waals surface area contributed by atoms with Crippen molar-refractivity contribution in [1.82, 2.24) is 4.72 Å². The van der Waals surface area contributed by atoms with Gasteiger partial charge in [-0.1, -0.05) is 0 Å². The minimum absolute atomic E-state index is 0.343. The Morgan fingerprint density at radius 2 is 2.00 bits per heavy atom. The Labute approximate surface area is 97.4 Å². The van der Waals surface area contributed by atoms with Crippen molar-refractivity contribution in [3.8, 4) is 0 Å². The van der Waals surface area contributed by atoms with Gasteiger partial charge in [-0.3, -0.25) is 4.72 Å². The van der Waals surface area contributed by atoms with E-state index in [4.69, 9.17) is 5.73 Å². The summed E-state index contributed by atoms with van der Waals surface area (Å²) < 4.78 is 27.6. The van der Waals surface area contributed by atoms with Gasteiger partial charge in [-0.15, -0.1) is 0 Å². The average molecular weight is 294 g/mol. The number of nitrogen functional groups attached to an aromatic ring is 1. The molecule has 0 atom stereocenters. The van der Waals surface area contributed by atoms with Gasteiger partial charge >= 0.3 is 0 Å². The van der Waals surface area contributed by atoms with E-state index in [-0.39, 0.29) is 0 Å². The van der Waals surface area contributed by atoms with Crippen LogP contribution in [-0.2, 0) is 10.2 Å². The monoisotopic (exact) mass is 293 g/mol. The second-order valence-corrected chi connectivity index (χ2v) is 5.49. The van der Waals surface area contributed by atoms with E-state index in [1.165, 1.54) is 7.05 Å². The Kier molecular flexibility index (Phi) is 3.58. The molecule has 15 heavy (non-hydrogen) atoms. The van der Waals surface area contributed by atoms with Gasteiger partial charge < -0.3 is 5.73 Å². The topological polar surface area (TPSA) is 84.2 Å². The third kappa shape index (κ3) is 3.08. The van der Waals surface area contributed by atoms with Crippen molar-refractivity contribution in [2.45, 2.75) is 6.92 Å². The van der Waals surface area contributed by atoms with Crippen molar-refractivity contribution in [2.24, 2.45) is 0 Å². The van der Waals surface area contributed by atoms with Crippen LogP contribution in [0.1, 0.15) is 5.56 Å². The van der Waals surface area contributed by atoms with Gasteiger partial charge in [0.1, 0.15) is 0 Å². The molecule has 7 heteroatoms. The summed E-state index contributed by atoms with van der Waals surface area (Å²) in [4.78, 5) is 0. The summed E-state index contributed by atoms with van der Waals surface area (Å²) in [6.07, 6.45) is 0. The summed E-state index contributed by atoms with van der Waals surface area (Å²) in [5.41, 5.74) is 7.37. The van der Waals surface area contributed by atoms with Crippen LogP contribution in [-0.4, -0.2) is 15.5 Å². The maximum absolute atomic E-state index is 11.3. The van der Waals surface area contributed by atoms with Gasteiger partial charge in [0, 0.05) is 11.5 Å². The van der Waals surface area contributed by atoms with Crippen molar-refractivity contribution < 1.29 is 8.42 Å². The van der Waals surface area contributed by atoms with E-state index >= 15 is 0 Å². The van der Waals surface area contributed by atoms with Crippen molar-refractivity contribution in [3.63, 3.8) is 0 Å². The predicted molar refractivity (Wildman–Crippen MR) is 64.9 cm³/mol. The number of nitrogens with one attached hydrogen (secondary N) is 2. The molecule has 0 aliphatic carbocycles. The zero-order chi connectivity index (χ0) is 11.6. The number of anilines is 2. The molecule has 0 aliphatic heterocycles. The molecule has 0 unspecified atom stereocenters. The molecule has 1 aromatic carbocycles. The molecule has 0 bridgehead atoms. The number of halogens is 1. The highest BCUT2D eigenvalue weighted by molar-refractivity contribution is 9.10. The highest BCUT2D eigenvalue weighted by Crippen LogP contribution is 2.30. The van der Waals surface area contributed by atoms with E-state index in [1.807, 2.05) is 6.92 Å². The third-order valence-corrected chi connectivity index (χ3v) is 3.41. The van der Waals surface area contributed by atoms with E-state index in [0.717, 1.165) is 5.56 Å². The maximum atomic E-state index is 11.3. The Morgan fingerprint density at radius 3 is 2.47 bits per heavy atom. The van der Waals surface area contributed by atoms with Gasteiger partial charge in [0.15, 0.2) is 0 Å². The standard InChI is InChI=1S/C8H12BrN3O2S/c1-5-3-6(9)8(7(10)4-5)12-15(13,14)11-2/h3-4,11-12H,10H2,1-2H3. The summed E-state index contributed by atoms with van der Waals surface area (Å²) in [5.74, 6) is 0. The van der Waals surface area contributed by atoms with Crippen molar-refractivity contribution >= 4 is 37.5 Å². The lowest BCUT2D eigenvalue weighted by molar-refractivity contribution is 0.593. The molecule has 0 radical (unpaired) electrons. The molecular formula is C8H12BrN3O2S. The van der Waals surface area contributed by atoms with Crippen molar-refractivity contribution in [1.29, 1.82) is 0 Å². The fourth-order valence-electron chi connectivity index (χ4n) is 1.06. The van der Waals surface area contributed by atoms with Crippen LogP contribution in [0.25, 0.3) is 0 Å². The van der Waals surface area contributed by atoms with Gasteiger partial charge in [-0.25, -0.2) is 4.72 Å². The first kappa shape index (κ1) is 12.3. The van der Waals surface area contributed by atoms with Crippen LogP contribution >= 0.6 is 15.9 Å². The highest BCUT2D eigenvalue weighted by atomic mass is 79.9. The van der Waals surface area contributed by atoms with Gasteiger partial charge in [0.25, 0.3) is 10.2 Å². The van der Waals surface area contributed by atoms with E-state index < -0.39 is 10.2 Å². The Hall–Kier alpha value is -0.790. The molecule has 1 aromatic rings. The Bertz CT molecular complexity index is 450. The minimum Gasteiger partial charge on any atom is -0.397 e. The maximum Gasteiger partial charge on any atom is 0.298 e. The molecule has 1 rings (SSSR count). The van der Waals surface area contributed by atoms with Crippen LogP contribution in [0.5, 0.6) is 0 Å². The number of benzene rings is 1. The first-order valence-corrected chi connectivity index (χ1v) is 6.40. The Morgan fingerprint density at radius 1 is 1.40 bits per heavy atom. The van der Waals surface area contributed by atoms with Crippen molar-refractivity contribution in [2.75, 3.05) is 17.5 Å². The van der Waals surface area contributed by atoms with Crippen LogP contribution in [0.15, 0.2) is 16.6 Å². The number of rotatable bonds is 3. The lowest BCUT2D eigenvalue weighted by Crippen LogP contribution is -2.27. The molecule has 0 amide bonds. The molecular weight excluding hydrogens is 282 g/mol. The first-order chi connectivity index (χ1) is 6.85. The zero-order valence-electron chi connectivity index (χ0n) is 8.33. The van der Waals surface area contributed by atoms with Crippen LogP contribution < -0.4 is 15.2 Å². The summed E-state index contributed by atoms with van der Waals surface area (Å²) in [6, 6.07) is 3.47. The molecule has 4 N–H and O–H groups in total. The number of hydrogen-bond acceptors (Lipinski definition) is 3. The SMILES string of the molecule is CNS(=O)(=O)Nc1c(N)cc(C)cc1Br. The van der Waals surface area contributed by atoms with Crippen LogP contribution in [0.4, 0.5) is 11.4 Å². The predicted octanol–water partition coefficient (Wildman–Crippen LogP) is 1.22. The van der Waals surface area contributed by atoms with E-state index in [1.54, 1.807) is 12.1 Å². The van der Waals surface area contributed by atoms with E-state index in [0.29, 0.717) is 15.8 Å². The largest absolute Gasteiger partial charge is 0.397 e. The zero-order valence-corrected chi connectivity index (χ0v) is 10.7. The smallest absolute Gasteiger partial charge is 0.298 e. The number of hydrogen-bond donors (Lipinski definition) is 3. The van der Waals surface area contributed by atoms with E-state index in [2.05, 4.69) is 25.4 Å². The fraction of sp³-hybridized carbons (Fsp3) is 0.250. The fourth-order valence-corrected chi connectivity index (χ4v) is 2.48. The molecule has 0 aliphatic rings. The van der Waals surface area contributed by atoms with Gasteiger partial charge in [-0.2, -0.15) is 8.42 Å². The molecule has 0 spiro atoms. The van der Waals surface area contributed by atoms with Gasteiger partial charge in [-0.05, 0) is 40.5 Å². The molecule has 5 nitrogen and oxygen atoms in total. The van der Waals surface area contributed by atoms with Crippen molar-refractivity contribution in [3.05, 3.63) is 22.2 Å². The second-order valence-electron chi connectivity index (χ2n) is 3.02. The van der Waals surface area contributed by atoms with Gasteiger partial charge in [0.2, 0.25) is 0 Å². The van der Waals surface area contributed by atoms with Gasteiger partial charge in [0.05, 0.1) is 11.4 Å².